The topological polar surface area (TPSA) is 49.4 Å². The highest BCUT2D eigenvalue weighted by atomic mass is 79.9. The fourth-order valence-electron chi connectivity index (χ4n) is 2.34. The number of benzene rings is 1. The summed E-state index contributed by atoms with van der Waals surface area (Å²) in [4.78, 5) is 25.7. The van der Waals surface area contributed by atoms with Crippen LogP contribution in [-0.4, -0.2) is 28.8 Å². The number of nitrogens with zero attached hydrogens (tertiary/aromatic N) is 1. The molecule has 1 aromatic rings. The summed E-state index contributed by atoms with van der Waals surface area (Å²) < 4.78 is 14.0. The highest BCUT2D eigenvalue weighted by Crippen LogP contribution is 2.26. The highest BCUT2D eigenvalue weighted by molar-refractivity contribution is 9.10. The van der Waals surface area contributed by atoms with Gasteiger partial charge in [0.25, 0.3) is 0 Å². The van der Waals surface area contributed by atoms with Crippen LogP contribution in [0.5, 0.6) is 0 Å². The molecule has 0 radical (unpaired) electrons. The average molecular weight is 343 g/mol. The van der Waals surface area contributed by atoms with Gasteiger partial charge in [-0.25, -0.2) is 4.39 Å². The first-order chi connectivity index (χ1) is 9.36. The lowest BCUT2D eigenvalue weighted by molar-refractivity contribution is -0.153. The molecule has 1 aliphatic heterocycles. The van der Waals surface area contributed by atoms with E-state index in [2.05, 4.69) is 21.2 Å². The van der Waals surface area contributed by atoms with Crippen LogP contribution in [0.1, 0.15) is 25.8 Å². The van der Waals surface area contributed by atoms with Crippen LogP contribution in [0.15, 0.2) is 22.7 Å². The Kier molecular flexibility index (Phi) is 4.13. The Labute approximate surface area is 125 Å². The van der Waals surface area contributed by atoms with Gasteiger partial charge in [0.05, 0.1) is 6.54 Å². The normalized spacial score (nSPS) is 22.9. The van der Waals surface area contributed by atoms with E-state index < -0.39 is 5.54 Å². The molecule has 1 unspecified atom stereocenters. The van der Waals surface area contributed by atoms with Gasteiger partial charge in [0.1, 0.15) is 11.4 Å². The van der Waals surface area contributed by atoms with E-state index in [4.69, 9.17) is 0 Å². The van der Waals surface area contributed by atoms with Crippen molar-refractivity contribution in [2.75, 3.05) is 6.54 Å². The van der Waals surface area contributed by atoms with Crippen molar-refractivity contribution in [2.45, 2.75) is 32.4 Å². The summed E-state index contributed by atoms with van der Waals surface area (Å²) in [5.74, 6) is -0.703. The van der Waals surface area contributed by atoms with E-state index in [9.17, 15) is 14.0 Å². The Balaban J connectivity index is 2.33. The molecule has 1 saturated heterocycles. The number of piperazine rings is 1. The summed E-state index contributed by atoms with van der Waals surface area (Å²) in [6.07, 6.45) is 0.501. The Morgan fingerprint density at radius 1 is 1.40 bits per heavy atom. The molecule has 0 spiro atoms. The standard InChI is InChI=1S/C14H16BrFN2O2/c1-3-14(2)13(20)17-7-12(19)18(14)8-9-4-10(15)6-11(16)5-9/h4-6H,3,7-8H2,1-2H3,(H,17,20). The quantitative estimate of drug-likeness (QED) is 0.915. The molecule has 1 aromatic carbocycles. The van der Waals surface area contributed by atoms with Gasteiger partial charge < -0.3 is 10.2 Å². The molecule has 20 heavy (non-hydrogen) atoms. The number of halogens is 2. The molecular weight excluding hydrogens is 327 g/mol. The Hall–Kier alpha value is -1.43. The molecule has 0 aliphatic carbocycles. The molecule has 1 N–H and O–H groups in total. The van der Waals surface area contributed by atoms with E-state index in [0.29, 0.717) is 16.5 Å². The molecular formula is C14H16BrFN2O2. The molecule has 2 amide bonds. The van der Waals surface area contributed by atoms with Crippen molar-refractivity contribution in [1.82, 2.24) is 10.2 Å². The van der Waals surface area contributed by atoms with Crippen LogP contribution in [0.2, 0.25) is 0 Å². The van der Waals surface area contributed by atoms with Gasteiger partial charge in [-0.2, -0.15) is 0 Å². The maximum absolute atomic E-state index is 13.4. The molecule has 1 heterocycles. The SMILES string of the molecule is CCC1(C)C(=O)NCC(=O)N1Cc1cc(F)cc(Br)c1. The van der Waals surface area contributed by atoms with Crippen LogP contribution in [0, 0.1) is 5.82 Å². The first-order valence-corrected chi connectivity index (χ1v) is 7.20. The van der Waals surface area contributed by atoms with Crippen molar-refractivity contribution in [3.05, 3.63) is 34.1 Å². The maximum Gasteiger partial charge on any atom is 0.246 e. The minimum absolute atomic E-state index is 0.00902. The first kappa shape index (κ1) is 15.0. The van der Waals surface area contributed by atoms with E-state index in [1.54, 1.807) is 13.0 Å². The van der Waals surface area contributed by atoms with E-state index in [-0.39, 0.29) is 30.7 Å². The summed E-state index contributed by atoms with van der Waals surface area (Å²) in [5.41, 5.74) is -0.242. The zero-order valence-electron chi connectivity index (χ0n) is 11.4. The lowest BCUT2D eigenvalue weighted by atomic mass is 9.92. The summed E-state index contributed by atoms with van der Waals surface area (Å²) in [5, 5.41) is 2.60. The molecule has 4 nitrogen and oxygen atoms in total. The fourth-order valence-corrected chi connectivity index (χ4v) is 2.85. The maximum atomic E-state index is 13.4. The van der Waals surface area contributed by atoms with Gasteiger partial charge in [-0.05, 0) is 37.1 Å². The van der Waals surface area contributed by atoms with Crippen LogP contribution in [0.25, 0.3) is 0 Å². The summed E-state index contributed by atoms with van der Waals surface area (Å²) in [7, 11) is 0. The van der Waals surface area contributed by atoms with Crippen LogP contribution in [0.3, 0.4) is 0 Å². The molecule has 0 saturated carbocycles. The summed E-state index contributed by atoms with van der Waals surface area (Å²) >= 11 is 3.23. The molecule has 1 aliphatic rings. The number of amides is 2. The molecule has 2 rings (SSSR count). The van der Waals surface area contributed by atoms with Crippen molar-refractivity contribution < 1.29 is 14.0 Å². The predicted octanol–water partition coefficient (Wildman–Crippen LogP) is 2.22. The van der Waals surface area contributed by atoms with Crippen molar-refractivity contribution in [1.29, 1.82) is 0 Å². The zero-order valence-corrected chi connectivity index (χ0v) is 13.0. The molecule has 0 bridgehead atoms. The minimum Gasteiger partial charge on any atom is -0.345 e. The van der Waals surface area contributed by atoms with Gasteiger partial charge >= 0.3 is 0 Å². The summed E-state index contributed by atoms with van der Waals surface area (Å²) in [6, 6.07) is 4.48. The van der Waals surface area contributed by atoms with Crippen molar-refractivity contribution in [2.24, 2.45) is 0 Å². The van der Waals surface area contributed by atoms with Crippen LogP contribution < -0.4 is 5.32 Å². The van der Waals surface area contributed by atoms with E-state index in [1.165, 1.54) is 17.0 Å². The van der Waals surface area contributed by atoms with Gasteiger partial charge in [0.2, 0.25) is 11.8 Å². The third-order valence-corrected chi connectivity index (χ3v) is 4.20. The van der Waals surface area contributed by atoms with Crippen molar-refractivity contribution in [3.63, 3.8) is 0 Å². The van der Waals surface area contributed by atoms with Crippen LogP contribution >= 0.6 is 15.9 Å². The number of hydrogen-bond donors (Lipinski definition) is 1. The molecule has 0 aromatic heterocycles. The number of carbonyl (C=O) groups is 2. The fraction of sp³-hybridized carbons (Fsp3) is 0.429. The first-order valence-electron chi connectivity index (χ1n) is 6.40. The van der Waals surface area contributed by atoms with Crippen molar-refractivity contribution >= 4 is 27.7 Å². The van der Waals surface area contributed by atoms with Gasteiger partial charge in [-0.1, -0.05) is 22.9 Å². The lowest BCUT2D eigenvalue weighted by Gasteiger charge is -2.43. The van der Waals surface area contributed by atoms with Crippen molar-refractivity contribution in [3.8, 4) is 0 Å². The van der Waals surface area contributed by atoms with Crippen LogP contribution in [0.4, 0.5) is 4.39 Å². The van der Waals surface area contributed by atoms with E-state index in [1.807, 2.05) is 6.92 Å². The molecule has 6 heteroatoms. The minimum atomic E-state index is -0.895. The second-order valence-electron chi connectivity index (χ2n) is 5.07. The van der Waals surface area contributed by atoms with E-state index >= 15 is 0 Å². The monoisotopic (exact) mass is 342 g/mol. The van der Waals surface area contributed by atoms with Gasteiger partial charge in [0, 0.05) is 11.0 Å². The predicted molar refractivity (Wildman–Crippen MR) is 76.4 cm³/mol. The Morgan fingerprint density at radius 3 is 2.70 bits per heavy atom. The highest BCUT2D eigenvalue weighted by Gasteiger charge is 2.43. The second kappa shape index (κ2) is 5.52. The van der Waals surface area contributed by atoms with Crippen LogP contribution in [-0.2, 0) is 16.1 Å². The smallest absolute Gasteiger partial charge is 0.246 e. The zero-order chi connectivity index (χ0) is 14.9. The number of hydrogen-bond acceptors (Lipinski definition) is 2. The molecule has 1 fully saturated rings. The Morgan fingerprint density at radius 2 is 2.10 bits per heavy atom. The number of carbonyl (C=O) groups excluding carboxylic acids is 2. The third kappa shape index (κ3) is 2.70. The average Bonchev–Trinajstić information content (AvgIpc) is 2.38. The number of rotatable bonds is 3. The third-order valence-electron chi connectivity index (χ3n) is 3.74. The largest absolute Gasteiger partial charge is 0.345 e. The van der Waals surface area contributed by atoms with Gasteiger partial charge in [-0.3, -0.25) is 9.59 Å². The molecule has 1 atom stereocenters. The molecule has 108 valence electrons. The van der Waals surface area contributed by atoms with Gasteiger partial charge in [-0.15, -0.1) is 0 Å². The Bertz CT molecular complexity index is 544. The van der Waals surface area contributed by atoms with Gasteiger partial charge in [0.15, 0.2) is 0 Å². The lowest BCUT2D eigenvalue weighted by Crippen LogP contribution is -2.65. The van der Waals surface area contributed by atoms with E-state index in [0.717, 1.165) is 0 Å². The second-order valence-corrected chi connectivity index (χ2v) is 5.98. The number of nitrogens with one attached hydrogen (secondary N) is 1. The summed E-state index contributed by atoms with van der Waals surface area (Å²) in [6.45, 7) is 3.79.